The summed E-state index contributed by atoms with van der Waals surface area (Å²) < 4.78 is 35.0. The van der Waals surface area contributed by atoms with Crippen molar-refractivity contribution in [2.45, 2.75) is 17.7 Å². The summed E-state index contributed by atoms with van der Waals surface area (Å²) in [5.41, 5.74) is 1.95. The van der Waals surface area contributed by atoms with Crippen molar-refractivity contribution in [1.29, 1.82) is 0 Å². The lowest BCUT2D eigenvalue weighted by Crippen LogP contribution is -2.22. The molecule has 23 heavy (non-hydrogen) atoms. The SMILES string of the molecule is COc1ccc2c(c1)c(CNS(=O)(=O)c1ccc(C)s1)cn2C. The Morgan fingerprint density at radius 2 is 2.04 bits per heavy atom. The van der Waals surface area contributed by atoms with Crippen molar-refractivity contribution < 1.29 is 13.2 Å². The van der Waals surface area contributed by atoms with Crippen LogP contribution in [0.1, 0.15) is 10.4 Å². The van der Waals surface area contributed by atoms with E-state index in [0.29, 0.717) is 4.21 Å². The van der Waals surface area contributed by atoms with Crippen LogP contribution in [-0.2, 0) is 23.6 Å². The highest BCUT2D eigenvalue weighted by atomic mass is 32.2. The summed E-state index contributed by atoms with van der Waals surface area (Å²) >= 11 is 1.27. The van der Waals surface area contributed by atoms with Gasteiger partial charge in [-0.05, 0) is 42.8 Å². The van der Waals surface area contributed by atoms with Crippen LogP contribution in [0.25, 0.3) is 10.9 Å². The summed E-state index contributed by atoms with van der Waals surface area (Å²) in [6, 6.07) is 9.23. The first kappa shape index (κ1) is 16.0. The van der Waals surface area contributed by atoms with Crippen molar-refractivity contribution in [3.63, 3.8) is 0 Å². The summed E-state index contributed by atoms with van der Waals surface area (Å²) in [6.45, 7) is 2.13. The van der Waals surface area contributed by atoms with Crippen LogP contribution in [-0.4, -0.2) is 20.1 Å². The van der Waals surface area contributed by atoms with Gasteiger partial charge in [0.15, 0.2) is 0 Å². The number of ether oxygens (including phenoxy) is 1. The van der Waals surface area contributed by atoms with Crippen LogP contribution in [0.3, 0.4) is 0 Å². The molecule has 3 aromatic rings. The molecule has 0 bridgehead atoms. The Morgan fingerprint density at radius 1 is 1.26 bits per heavy atom. The number of nitrogens with one attached hydrogen (secondary N) is 1. The number of methoxy groups -OCH3 is 1. The van der Waals surface area contributed by atoms with Crippen LogP contribution in [0.5, 0.6) is 5.75 Å². The summed E-state index contributed by atoms with van der Waals surface area (Å²) in [4.78, 5) is 0.972. The van der Waals surface area contributed by atoms with Crippen LogP contribution >= 0.6 is 11.3 Å². The van der Waals surface area contributed by atoms with E-state index in [1.807, 2.05) is 49.0 Å². The molecule has 0 aliphatic carbocycles. The summed E-state index contributed by atoms with van der Waals surface area (Å²) in [5, 5.41) is 0.983. The average molecular weight is 350 g/mol. The molecule has 0 spiro atoms. The first-order chi connectivity index (χ1) is 10.9. The number of hydrogen-bond acceptors (Lipinski definition) is 4. The van der Waals surface area contributed by atoms with Gasteiger partial charge in [-0.25, -0.2) is 13.1 Å². The van der Waals surface area contributed by atoms with E-state index in [1.165, 1.54) is 11.3 Å². The van der Waals surface area contributed by atoms with E-state index < -0.39 is 10.0 Å². The smallest absolute Gasteiger partial charge is 0.250 e. The van der Waals surface area contributed by atoms with E-state index in [0.717, 1.165) is 27.1 Å². The fraction of sp³-hybridized carbons (Fsp3) is 0.250. The molecular formula is C16H18N2O3S2. The first-order valence-electron chi connectivity index (χ1n) is 7.09. The molecule has 0 atom stereocenters. The van der Waals surface area contributed by atoms with Crippen molar-refractivity contribution in [1.82, 2.24) is 9.29 Å². The van der Waals surface area contributed by atoms with Gasteiger partial charge in [0.1, 0.15) is 9.96 Å². The Hall–Kier alpha value is -1.83. The van der Waals surface area contributed by atoms with Gasteiger partial charge in [0, 0.05) is 35.6 Å². The highest BCUT2D eigenvalue weighted by Crippen LogP contribution is 2.26. The molecule has 0 saturated heterocycles. The van der Waals surface area contributed by atoms with Gasteiger partial charge in [0.25, 0.3) is 0 Å². The van der Waals surface area contributed by atoms with Gasteiger partial charge in [-0.2, -0.15) is 0 Å². The van der Waals surface area contributed by atoms with Gasteiger partial charge in [0.05, 0.1) is 7.11 Å². The van der Waals surface area contributed by atoms with Gasteiger partial charge >= 0.3 is 0 Å². The van der Waals surface area contributed by atoms with Gasteiger partial charge < -0.3 is 9.30 Å². The molecule has 2 heterocycles. The van der Waals surface area contributed by atoms with E-state index >= 15 is 0 Å². The van der Waals surface area contributed by atoms with Gasteiger partial charge in [-0.1, -0.05) is 0 Å². The zero-order valence-corrected chi connectivity index (χ0v) is 14.8. The lowest BCUT2D eigenvalue weighted by Gasteiger charge is -2.05. The predicted octanol–water partition coefficient (Wildman–Crippen LogP) is 3.04. The molecule has 1 N–H and O–H groups in total. The van der Waals surface area contributed by atoms with E-state index in [-0.39, 0.29) is 6.54 Å². The molecule has 0 amide bonds. The fourth-order valence-corrected chi connectivity index (χ4v) is 4.86. The number of hydrogen-bond donors (Lipinski definition) is 1. The number of rotatable bonds is 5. The highest BCUT2D eigenvalue weighted by Gasteiger charge is 2.17. The van der Waals surface area contributed by atoms with Crippen LogP contribution in [0.2, 0.25) is 0 Å². The number of aryl methyl sites for hydroxylation is 2. The van der Waals surface area contributed by atoms with Crippen LogP contribution in [0.4, 0.5) is 0 Å². The number of aromatic nitrogens is 1. The molecule has 0 unspecified atom stereocenters. The number of benzene rings is 1. The normalized spacial score (nSPS) is 12.0. The van der Waals surface area contributed by atoms with Crippen molar-refractivity contribution in [2.24, 2.45) is 7.05 Å². The Labute approximate surface area is 139 Å². The Balaban J connectivity index is 1.90. The first-order valence-corrected chi connectivity index (χ1v) is 9.39. The van der Waals surface area contributed by atoms with Gasteiger partial charge in [-0.15, -0.1) is 11.3 Å². The monoisotopic (exact) mass is 350 g/mol. The lowest BCUT2D eigenvalue weighted by molar-refractivity contribution is 0.415. The molecule has 122 valence electrons. The third-order valence-electron chi connectivity index (χ3n) is 3.71. The zero-order chi connectivity index (χ0) is 16.6. The maximum absolute atomic E-state index is 12.4. The van der Waals surface area contributed by atoms with E-state index in [1.54, 1.807) is 13.2 Å². The second kappa shape index (κ2) is 5.99. The molecule has 3 rings (SSSR count). The number of sulfonamides is 1. The maximum Gasteiger partial charge on any atom is 0.250 e. The van der Waals surface area contributed by atoms with Crippen LogP contribution < -0.4 is 9.46 Å². The third-order valence-corrected chi connectivity index (χ3v) is 6.61. The molecule has 0 aliphatic rings. The summed E-state index contributed by atoms with van der Waals surface area (Å²) in [5.74, 6) is 0.752. The number of thiophene rings is 1. The predicted molar refractivity (Wildman–Crippen MR) is 92.6 cm³/mol. The Morgan fingerprint density at radius 3 is 2.70 bits per heavy atom. The third kappa shape index (κ3) is 3.12. The van der Waals surface area contributed by atoms with Crippen molar-refractivity contribution in [2.75, 3.05) is 7.11 Å². The van der Waals surface area contributed by atoms with Crippen molar-refractivity contribution in [3.05, 3.63) is 47.0 Å². The van der Waals surface area contributed by atoms with E-state index in [4.69, 9.17) is 4.74 Å². The number of nitrogens with zero attached hydrogens (tertiary/aromatic N) is 1. The standard InChI is InChI=1S/C16H18N2O3S2/c1-11-4-7-16(22-11)23(19,20)17-9-12-10-18(2)15-6-5-13(21-3)8-14(12)15/h4-8,10,17H,9H2,1-3H3. The van der Waals surface area contributed by atoms with Crippen molar-refractivity contribution in [3.8, 4) is 5.75 Å². The molecule has 1 aromatic carbocycles. The lowest BCUT2D eigenvalue weighted by atomic mass is 10.1. The largest absolute Gasteiger partial charge is 0.497 e. The minimum absolute atomic E-state index is 0.240. The van der Waals surface area contributed by atoms with Gasteiger partial charge in [-0.3, -0.25) is 0 Å². The highest BCUT2D eigenvalue weighted by molar-refractivity contribution is 7.91. The molecule has 2 aromatic heterocycles. The molecular weight excluding hydrogens is 332 g/mol. The van der Waals surface area contributed by atoms with E-state index in [2.05, 4.69) is 4.72 Å². The second-order valence-corrected chi connectivity index (χ2v) is 8.62. The molecule has 0 radical (unpaired) electrons. The Bertz CT molecular complexity index is 955. The van der Waals surface area contributed by atoms with Crippen LogP contribution in [0, 0.1) is 6.92 Å². The molecule has 0 aliphatic heterocycles. The minimum atomic E-state index is -3.48. The van der Waals surface area contributed by atoms with Crippen LogP contribution in [0.15, 0.2) is 40.7 Å². The molecule has 0 fully saturated rings. The topological polar surface area (TPSA) is 60.3 Å². The quantitative estimate of drug-likeness (QED) is 0.769. The summed E-state index contributed by atoms with van der Waals surface area (Å²) in [7, 11) is 0.0719. The molecule has 0 saturated carbocycles. The minimum Gasteiger partial charge on any atom is -0.497 e. The second-order valence-electron chi connectivity index (χ2n) is 5.34. The molecule has 5 nitrogen and oxygen atoms in total. The Kier molecular flexibility index (Phi) is 4.18. The fourth-order valence-electron chi connectivity index (χ4n) is 2.52. The van der Waals surface area contributed by atoms with Gasteiger partial charge in [0.2, 0.25) is 10.0 Å². The number of fused-ring (bicyclic) bond motifs is 1. The summed E-state index contributed by atoms with van der Waals surface area (Å²) in [6.07, 6.45) is 1.94. The zero-order valence-electron chi connectivity index (χ0n) is 13.2. The van der Waals surface area contributed by atoms with E-state index in [9.17, 15) is 8.42 Å². The van der Waals surface area contributed by atoms with Crippen molar-refractivity contribution >= 4 is 32.3 Å². The molecule has 7 heteroatoms. The average Bonchev–Trinajstić information content (AvgIpc) is 3.10. The maximum atomic E-state index is 12.4.